The third kappa shape index (κ3) is 7.90. The second kappa shape index (κ2) is 9.77. The summed E-state index contributed by atoms with van der Waals surface area (Å²) in [6, 6.07) is -1.33. The predicted molar refractivity (Wildman–Crippen MR) is 94.5 cm³/mol. The molecule has 0 aromatic rings. The van der Waals surface area contributed by atoms with Crippen LogP contribution in [0.25, 0.3) is 0 Å². The monoisotopic (exact) mass is 342 g/mol. The topological polar surface area (TPSA) is 84.5 Å². The van der Waals surface area contributed by atoms with Gasteiger partial charge in [0.25, 0.3) is 0 Å². The summed E-state index contributed by atoms with van der Waals surface area (Å²) in [6.45, 7) is 12.8. The summed E-state index contributed by atoms with van der Waals surface area (Å²) in [7, 11) is 1.47. The molecule has 0 aromatic heterocycles. The fraction of sp³-hybridized carbons (Fsp3) is 0.833. The van der Waals surface area contributed by atoms with Gasteiger partial charge >= 0.3 is 0 Å². The van der Waals surface area contributed by atoms with Gasteiger partial charge in [0.1, 0.15) is 11.6 Å². The number of nitrogens with one attached hydrogen (secondary N) is 2. The van der Waals surface area contributed by atoms with Crippen molar-refractivity contribution in [3.8, 4) is 0 Å². The summed E-state index contributed by atoms with van der Waals surface area (Å²) in [6.07, 6.45) is 0.882. The summed E-state index contributed by atoms with van der Waals surface area (Å²) in [4.78, 5) is 36.8. The van der Waals surface area contributed by atoms with E-state index in [1.54, 1.807) is 20.8 Å². The van der Waals surface area contributed by atoms with Crippen molar-refractivity contribution in [1.29, 1.82) is 0 Å². The summed E-state index contributed by atoms with van der Waals surface area (Å²) < 4.78 is 5.24. The van der Waals surface area contributed by atoms with Crippen molar-refractivity contribution >= 4 is 17.6 Å². The molecule has 140 valence electrons. The highest BCUT2D eigenvalue weighted by molar-refractivity contribution is 5.96. The van der Waals surface area contributed by atoms with Gasteiger partial charge in [-0.15, -0.1) is 0 Å². The zero-order chi connectivity index (χ0) is 19.1. The quantitative estimate of drug-likeness (QED) is 0.636. The van der Waals surface area contributed by atoms with Crippen LogP contribution >= 0.6 is 0 Å². The maximum absolute atomic E-state index is 12.6. The lowest BCUT2D eigenvalue weighted by Gasteiger charge is -2.29. The molecule has 0 saturated carbocycles. The molecule has 0 aliphatic carbocycles. The number of carbonyl (C=O) groups is 3. The Balaban J connectivity index is 4.93. The molecule has 0 radical (unpaired) electrons. The first-order valence-corrected chi connectivity index (χ1v) is 8.59. The zero-order valence-electron chi connectivity index (χ0n) is 16.4. The maximum atomic E-state index is 12.6. The molecule has 6 nitrogen and oxygen atoms in total. The van der Waals surface area contributed by atoms with Gasteiger partial charge in [-0.2, -0.15) is 0 Å². The lowest BCUT2D eigenvalue weighted by Crippen LogP contribution is -2.54. The highest BCUT2D eigenvalue weighted by Gasteiger charge is 2.35. The van der Waals surface area contributed by atoms with E-state index in [1.165, 1.54) is 7.11 Å². The molecule has 0 bridgehead atoms. The Labute approximate surface area is 146 Å². The molecule has 2 amide bonds. The van der Waals surface area contributed by atoms with Crippen LogP contribution in [0.3, 0.4) is 0 Å². The SMILES string of the molecule is COC(C)(C)C(=O)C(CC(C)C)NC(=O)[C@H](C)NC(=O)CC(C)C. The summed E-state index contributed by atoms with van der Waals surface area (Å²) in [5.41, 5.74) is -0.975. The Morgan fingerprint density at radius 2 is 1.50 bits per heavy atom. The van der Waals surface area contributed by atoms with Crippen molar-refractivity contribution in [2.24, 2.45) is 11.8 Å². The van der Waals surface area contributed by atoms with Gasteiger partial charge in [-0.25, -0.2) is 0 Å². The Bertz CT molecular complexity index is 444. The van der Waals surface area contributed by atoms with Crippen LogP contribution in [-0.2, 0) is 19.1 Å². The van der Waals surface area contributed by atoms with Crippen molar-refractivity contribution in [2.45, 2.75) is 79.0 Å². The summed E-state index contributed by atoms with van der Waals surface area (Å²) >= 11 is 0. The van der Waals surface area contributed by atoms with Crippen LogP contribution in [0.15, 0.2) is 0 Å². The number of methoxy groups -OCH3 is 1. The molecular formula is C18H34N2O4. The van der Waals surface area contributed by atoms with Gasteiger partial charge in [0, 0.05) is 13.5 Å². The van der Waals surface area contributed by atoms with Gasteiger partial charge in [-0.3, -0.25) is 14.4 Å². The van der Waals surface area contributed by atoms with Crippen LogP contribution in [0.1, 0.15) is 61.3 Å². The van der Waals surface area contributed by atoms with Crippen molar-refractivity contribution in [3.63, 3.8) is 0 Å². The molecule has 2 N–H and O–H groups in total. The normalized spacial score (nSPS) is 14.4. The molecule has 2 atom stereocenters. The second-order valence-corrected chi connectivity index (χ2v) is 7.66. The molecule has 0 fully saturated rings. The van der Waals surface area contributed by atoms with E-state index in [-0.39, 0.29) is 29.4 Å². The minimum absolute atomic E-state index is 0.170. The van der Waals surface area contributed by atoms with Crippen molar-refractivity contribution < 1.29 is 19.1 Å². The average Bonchev–Trinajstić information content (AvgIpc) is 2.43. The number of hydrogen-bond acceptors (Lipinski definition) is 4. The van der Waals surface area contributed by atoms with Crippen molar-refractivity contribution in [1.82, 2.24) is 10.6 Å². The summed E-state index contributed by atoms with van der Waals surface area (Å²) in [5.74, 6) is -0.252. The van der Waals surface area contributed by atoms with Gasteiger partial charge in [0.15, 0.2) is 5.78 Å². The standard InChI is InChI=1S/C18H34N2O4/c1-11(2)9-14(16(22)18(6,7)24-8)20-17(23)13(5)19-15(21)10-12(3)4/h11-14H,9-10H2,1-8H3,(H,19,21)(H,20,23)/t13-,14?/m0/s1. The second-order valence-electron chi connectivity index (χ2n) is 7.66. The lowest BCUT2D eigenvalue weighted by atomic mass is 9.91. The number of rotatable bonds is 10. The van der Waals surface area contributed by atoms with Gasteiger partial charge in [0.05, 0.1) is 6.04 Å². The van der Waals surface area contributed by atoms with Gasteiger partial charge in [0.2, 0.25) is 11.8 Å². The third-order valence-corrected chi connectivity index (χ3v) is 3.81. The Morgan fingerprint density at radius 3 is 1.92 bits per heavy atom. The first-order chi connectivity index (χ1) is 10.9. The van der Waals surface area contributed by atoms with Crippen LogP contribution in [0, 0.1) is 11.8 Å². The molecule has 0 rings (SSSR count). The van der Waals surface area contributed by atoms with Gasteiger partial charge < -0.3 is 15.4 Å². The van der Waals surface area contributed by atoms with E-state index < -0.39 is 17.7 Å². The van der Waals surface area contributed by atoms with Crippen molar-refractivity contribution in [3.05, 3.63) is 0 Å². The highest BCUT2D eigenvalue weighted by atomic mass is 16.5. The van der Waals surface area contributed by atoms with Crippen LogP contribution < -0.4 is 10.6 Å². The maximum Gasteiger partial charge on any atom is 0.242 e. The fourth-order valence-electron chi connectivity index (χ4n) is 2.26. The van der Waals surface area contributed by atoms with Crippen LogP contribution in [0.5, 0.6) is 0 Å². The molecule has 24 heavy (non-hydrogen) atoms. The Kier molecular flexibility index (Phi) is 9.18. The average molecular weight is 342 g/mol. The lowest BCUT2D eigenvalue weighted by molar-refractivity contribution is -0.142. The molecular weight excluding hydrogens is 308 g/mol. The fourth-order valence-corrected chi connectivity index (χ4v) is 2.26. The third-order valence-electron chi connectivity index (χ3n) is 3.81. The van der Waals surface area contributed by atoms with E-state index in [4.69, 9.17) is 4.74 Å². The number of hydrogen-bond donors (Lipinski definition) is 2. The number of carbonyl (C=O) groups excluding carboxylic acids is 3. The molecule has 0 aliphatic heterocycles. The number of amides is 2. The van der Waals surface area contributed by atoms with Crippen LogP contribution in [0.4, 0.5) is 0 Å². The van der Waals surface area contributed by atoms with Crippen LogP contribution in [-0.4, -0.2) is 42.4 Å². The van der Waals surface area contributed by atoms with Gasteiger partial charge in [-0.1, -0.05) is 27.7 Å². The summed E-state index contributed by atoms with van der Waals surface area (Å²) in [5, 5.41) is 5.43. The van der Waals surface area contributed by atoms with E-state index in [1.807, 2.05) is 27.7 Å². The van der Waals surface area contributed by atoms with Crippen LogP contribution in [0.2, 0.25) is 0 Å². The van der Waals surface area contributed by atoms with E-state index in [9.17, 15) is 14.4 Å². The van der Waals surface area contributed by atoms with Gasteiger partial charge in [-0.05, 0) is 39.0 Å². The Morgan fingerprint density at radius 1 is 0.958 bits per heavy atom. The zero-order valence-corrected chi connectivity index (χ0v) is 16.4. The highest BCUT2D eigenvalue weighted by Crippen LogP contribution is 2.16. The smallest absolute Gasteiger partial charge is 0.242 e. The first-order valence-electron chi connectivity index (χ1n) is 8.59. The Hall–Kier alpha value is -1.43. The molecule has 0 heterocycles. The van der Waals surface area contributed by atoms with E-state index in [2.05, 4.69) is 10.6 Å². The minimum atomic E-state index is -0.975. The number of ether oxygens (including phenoxy) is 1. The largest absolute Gasteiger partial charge is 0.371 e. The molecule has 0 spiro atoms. The minimum Gasteiger partial charge on any atom is -0.371 e. The van der Waals surface area contributed by atoms with E-state index in [0.717, 1.165) is 0 Å². The number of Topliss-reactive ketones (excluding diaryl/α,β-unsaturated/α-hetero) is 1. The number of ketones is 1. The first kappa shape index (κ1) is 22.6. The van der Waals surface area contributed by atoms with E-state index >= 15 is 0 Å². The molecule has 6 heteroatoms. The molecule has 1 unspecified atom stereocenters. The van der Waals surface area contributed by atoms with Crippen molar-refractivity contribution in [2.75, 3.05) is 7.11 Å². The molecule has 0 saturated heterocycles. The predicted octanol–water partition coefficient (Wildman–Crippen LogP) is 2.06. The molecule has 0 aliphatic rings. The van der Waals surface area contributed by atoms with E-state index in [0.29, 0.717) is 12.8 Å². The molecule has 0 aromatic carbocycles.